The van der Waals surface area contributed by atoms with E-state index in [0.29, 0.717) is 17.3 Å². The summed E-state index contributed by atoms with van der Waals surface area (Å²) in [4.78, 5) is 14.8. The summed E-state index contributed by atoms with van der Waals surface area (Å²) in [5, 5.41) is 8.34. The summed E-state index contributed by atoms with van der Waals surface area (Å²) < 4.78 is 18.8. The molecular formula is C26H26FN3O2. The average Bonchev–Trinajstić information content (AvgIpc) is 3.48. The van der Waals surface area contributed by atoms with E-state index in [9.17, 15) is 9.18 Å². The van der Waals surface area contributed by atoms with E-state index in [0.717, 1.165) is 43.2 Å². The van der Waals surface area contributed by atoms with Gasteiger partial charge in [-0.25, -0.2) is 4.39 Å². The summed E-state index contributed by atoms with van der Waals surface area (Å²) in [5.41, 5.74) is 2.17. The molecule has 0 bridgehead atoms. The SMILES string of the molecule is CCCc1nnc(C2CCC(N(C)C(=O)c3ccc(C#Cc4ccc(F)cc4)cc3)C2)o1. The molecule has 5 nitrogen and oxygen atoms in total. The van der Waals surface area contributed by atoms with Gasteiger partial charge in [-0.05, 0) is 74.2 Å². The van der Waals surface area contributed by atoms with Gasteiger partial charge in [0, 0.05) is 42.1 Å². The van der Waals surface area contributed by atoms with Gasteiger partial charge >= 0.3 is 0 Å². The lowest BCUT2D eigenvalue weighted by atomic mass is 10.1. The van der Waals surface area contributed by atoms with Gasteiger partial charge in [0.15, 0.2) is 0 Å². The largest absolute Gasteiger partial charge is 0.425 e. The van der Waals surface area contributed by atoms with E-state index in [2.05, 4.69) is 29.0 Å². The van der Waals surface area contributed by atoms with Crippen molar-refractivity contribution < 1.29 is 13.6 Å². The molecule has 164 valence electrons. The van der Waals surface area contributed by atoms with Crippen molar-refractivity contribution in [2.24, 2.45) is 0 Å². The Labute approximate surface area is 187 Å². The molecule has 4 rings (SSSR count). The number of carbonyl (C=O) groups is 1. The van der Waals surface area contributed by atoms with Gasteiger partial charge in [0.1, 0.15) is 5.82 Å². The number of aryl methyl sites for hydroxylation is 1. The molecule has 1 aliphatic carbocycles. The van der Waals surface area contributed by atoms with Crippen LogP contribution in [0.25, 0.3) is 0 Å². The van der Waals surface area contributed by atoms with E-state index < -0.39 is 0 Å². The molecule has 2 atom stereocenters. The highest BCUT2D eigenvalue weighted by Gasteiger charge is 2.33. The topological polar surface area (TPSA) is 59.2 Å². The minimum Gasteiger partial charge on any atom is -0.425 e. The van der Waals surface area contributed by atoms with Crippen molar-refractivity contribution in [2.75, 3.05) is 7.05 Å². The third-order valence-corrected chi connectivity index (χ3v) is 5.90. The smallest absolute Gasteiger partial charge is 0.253 e. The maximum atomic E-state index is 13.0. The predicted octanol–water partition coefficient (Wildman–Crippen LogP) is 4.97. The van der Waals surface area contributed by atoms with Gasteiger partial charge in [-0.2, -0.15) is 0 Å². The van der Waals surface area contributed by atoms with Crippen molar-refractivity contribution in [3.8, 4) is 11.8 Å². The number of amides is 1. The maximum Gasteiger partial charge on any atom is 0.253 e. The highest BCUT2D eigenvalue weighted by molar-refractivity contribution is 5.94. The number of nitrogens with zero attached hydrogens (tertiary/aromatic N) is 3. The average molecular weight is 432 g/mol. The Morgan fingerprint density at radius 3 is 2.38 bits per heavy atom. The molecule has 0 aliphatic heterocycles. The molecule has 0 radical (unpaired) electrons. The molecule has 6 heteroatoms. The fourth-order valence-corrected chi connectivity index (χ4v) is 4.02. The van der Waals surface area contributed by atoms with Gasteiger partial charge in [-0.1, -0.05) is 18.8 Å². The second-order valence-electron chi connectivity index (χ2n) is 8.20. The Morgan fingerprint density at radius 2 is 1.72 bits per heavy atom. The summed E-state index contributed by atoms with van der Waals surface area (Å²) in [6.45, 7) is 2.08. The van der Waals surface area contributed by atoms with Gasteiger partial charge in [-0.15, -0.1) is 10.2 Å². The van der Waals surface area contributed by atoms with Crippen LogP contribution in [0.3, 0.4) is 0 Å². The molecule has 0 spiro atoms. The zero-order valence-electron chi connectivity index (χ0n) is 18.3. The summed E-state index contributed by atoms with van der Waals surface area (Å²) >= 11 is 0. The van der Waals surface area contributed by atoms with Crippen LogP contribution in [0.5, 0.6) is 0 Å². The van der Waals surface area contributed by atoms with Crippen LogP contribution in [0.4, 0.5) is 4.39 Å². The summed E-state index contributed by atoms with van der Waals surface area (Å²) in [5.74, 6) is 7.35. The van der Waals surface area contributed by atoms with Crippen LogP contribution in [0.2, 0.25) is 0 Å². The third kappa shape index (κ3) is 5.05. The number of hydrogen-bond acceptors (Lipinski definition) is 4. The number of rotatable bonds is 5. The molecule has 1 heterocycles. The van der Waals surface area contributed by atoms with Gasteiger partial charge in [0.25, 0.3) is 5.91 Å². The number of benzene rings is 2. The van der Waals surface area contributed by atoms with Crippen molar-refractivity contribution in [3.05, 3.63) is 82.8 Å². The normalized spacial score (nSPS) is 17.6. The maximum absolute atomic E-state index is 13.0. The van der Waals surface area contributed by atoms with E-state index in [1.807, 2.05) is 24.1 Å². The van der Waals surface area contributed by atoms with Crippen LogP contribution >= 0.6 is 0 Å². The first kappa shape index (κ1) is 21.8. The fraction of sp³-hybridized carbons (Fsp3) is 0.346. The molecular weight excluding hydrogens is 405 g/mol. The zero-order valence-corrected chi connectivity index (χ0v) is 18.3. The van der Waals surface area contributed by atoms with Gasteiger partial charge in [0.2, 0.25) is 11.8 Å². The van der Waals surface area contributed by atoms with Crippen LogP contribution in [0.15, 0.2) is 52.9 Å². The van der Waals surface area contributed by atoms with Crippen molar-refractivity contribution in [2.45, 2.75) is 51.0 Å². The molecule has 32 heavy (non-hydrogen) atoms. The Hall–Kier alpha value is -3.46. The van der Waals surface area contributed by atoms with E-state index in [4.69, 9.17) is 4.42 Å². The van der Waals surface area contributed by atoms with Gasteiger partial charge in [0.05, 0.1) is 0 Å². The molecule has 1 aliphatic rings. The first-order chi connectivity index (χ1) is 15.5. The summed E-state index contributed by atoms with van der Waals surface area (Å²) in [6.07, 6.45) is 4.46. The number of carbonyl (C=O) groups excluding carboxylic acids is 1. The zero-order chi connectivity index (χ0) is 22.5. The Bertz CT molecular complexity index is 1130. The fourth-order valence-electron chi connectivity index (χ4n) is 4.02. The minimum atomic E-state index is -0.283. The minimum absolute atomic E-state index is 0.00843. The monoisotopic (exact) mass is 431 g/mol. The van der Waals surface area contributed by atoms with Crippen molar-refractivity contribution in [3.63, 3.8) is 0 Å². The second kappa shape index (κ2) is 9.78. The number of aromatic nitrogens is 2. The van der Waals surface area contributed by atoms with Crippen LogP contribution < -0.4 is 0 Å². The molecule has 1 fully saturated rings. The van der Waals surface area contributed by atoms with E-state index in [1.165, 1.54) is 12.1 Å². The number of hydrogen-bond donors (Lipinski definition) is 0. The Balaban J connectivity index is 1.37. The van der Waals surface area contributed by atoms with E-state index in [1.54, 1.807) is 24.3 Å². The second-order valence-corrected chi connectivity index (χ2v) is 8.20. The van der Waals surface area contributed by atoms with Crippen molar-refractivity contribution in [1.29, 1.82) is 0 Å². The van der Waals surface area contributed by atoms with Gasteiger partial charge in [-0.3, -0.25) is 4.79 Å². The standard InChI is InChI=1S/C26H26FN3O2/c1-3-4-24-28-29-25(32-24)21-13-16-23(17-21)30(2)26(31)20-11-7-18(8-12-20)5-6-19-9-14-22(27)15-10-19/h7-12,14-15,21,23H,3-4,13,16-17H2,1-2H3. The lowest BCUT2D eigenvalue weighted by molar-refractivity contribution is 0.0733. The van der Waals surface area contributed by atoms with Crippen LogP contribution in [-0.2, 0) is 6.42 Å². The molecule has 1 amide bonds. The first-order valence-electron chi connectivity index (χ1n) is 11.0. The molecule has 1 aromatic heterocycles. The van der Waals surface area contributed by atoms with Crippen molar-refractivity contribution >= 4 is 5.91 Å². The first-order valence-corrected chi connectivity index (χ1v) is 11.0. The molecule has 0 N–H and O–H groups in total. The predicted molar refractivity (Wildman–Crippen MR) is 120 cm³/mol. The molecule has 1 saturated carbocycles. The van der Waals surface area contributed by atoms with Crippen LogP contribution in [-0.4, -0.2) is 34.1 Å². The van der Waals surface area contributed by atoms with Crippen LogP contribution in [0.1, 0.15) is 71.8 Å². The number of halogens is 1. The Kier molecular flexibility index (Phi) is 6.65. The molecule has 2 aromatic carbocycles. The van der Waals surface area contributed by atoms with E-state index >= 15 is 0 Å². The van der Waals surface area contributed by atoms with E-state index in [-0.39, 0.29) is 23.7 Å². The quantitative estimate of drug-likeness (QED) is 0.535. The van der Waals surface area contributed by atoms with Gasteiger partial charge < -0.3 is 9.32 Å². The highest BCUT2D eigenvalue weighted by Crippen LogP contribution is 2.36. The molecule has 0 saturated heterocycles. The molecule has 2 unspecified atom stereocenters. The molecule has 3 aromatic rings. The lowest BCUT2D eigenvalue weighted by Gasteiger charge is -2.24. The van der Waals surface area contributed by atoms with Crippen molar-refractivity contribution in [1.82, 2.24) is 15.1 Å². The Morgan fingerprint density at radius 1 is 1.06 bits per heavy atom. The third-order valence-electron chi connectivity index (χ3n) is 5.90. The highest BCUT2D eigenvalue weighted by atomic mass is 19.1. The van der Waals surface area contributed by atoms with Crippen LogP contribution in [0, 0.1) is 17.7 Å². The summed E-state index contributed by atoms with van der Waals surface area (Å²) in [6, 6.07) is 13.5. The summed E-state index contributed by atoms with van der Waals surface area (Å²) in [7, 11) is 1.86. The lowest BCUT2D eigenvalue weighted by Crippen LogP contribution is -2.35.